The lowest BCUT2D eigenvalue weighted by molar-refractivity contribution is -0.178. The van der Waals surface area contributed by atoms with E-state index in [4.69, 9.17) is 4.74 Å². The third-order valence-electron chi connectivity index (χ3n) is 2.17. The van der Waals surface area contributed by atoms with E-state index in [9.17, 15) is 5.11 Å². The Balaban J connectivity index is 4.48. The van der Waals surface area contributed by atoms with Gasteiger partial charge in [-0.15, -0.1) is 0 Å². The second-order valence-corrected chi connectivity index (χ2v) is 3.30. The van der Waals surface area contributed by atoms with Gasteiger partial charge in [-0.25, -0.2) is 0 Å². The first-order chi connectivity index (χ1) is 6.01. The number of aliphatic hydroxyl groups is 1. The van der Waals surface area contributed by atoms with Crippen LogP contribution in [0, 0.1) is 0 Å². The van der Waals surface area contributed by atoms with Gasteiger partial charge in [-0.3, -0.25) is 10.2 Å². The Morgan fingerprint density at radius 3 is 2.23 bits per heavy atom. The zero-order chi connectivity index (χ0) is 10.5. The summed E-state index contributed by atoms with van der Waals surface area (Å²) in [5, 5.41) is 13.0. The average molecular weight is 190 g/mol. The lowest BCUT2D eigenvalue weighted by Gasteiger charge is -2.38. The van der Waals surface area contributed by atoms with E-state index < -0.39 is 5.72 Å². The van der Waals surface area contributed by atoms with Crippen LogP contribution >= 0.6 is 0 Å². The molecule has 0 spiro atoms. The fourth-order valence-electron chi connectivity index (χ4n) is 1.35. The van der Waals surface area contributed by atoms with Crippen LogP contribution in [0.15, 0.2) is 0 Å². The van der Waals surface area contributed by atoms with Crippen LogP contribution in [0.2, 0.25) is 0 Å². The van der Waals surface area contributed by atoms with Gasteiger partial charge in [-0.05, 0) is 34.5 Å². The summed E-state index contributed by atoms with van der Waals surface area (Å²) in [6.07, 6.45) is 0.291. The van der Waals surface area contributed by atoms with E-state index in [0.717, 1.165) is 0 Å². The van der Waals surface area contributed by atoms with Crippen molar-refractivity contribution >= 4 is 0 Å². The topological polar surface area (TPSA) is 44.7 Å². The molecule has 0 saturated heterocycles. The molecule has 2 unspecified atom stereocenters. The smallest absolute Gasteiger partial charge is 0.155 e. The molecule has 0 rings (SSSR count). The molecule has 0 aromatic heterocycles. The molecule has 0 fully saturated rings. The molecule has 4 nitrogen and oxygen atoms in total. The van der Waals surface area contributed by atoms with Gasteiger partial charge in [-0.2, -0.15) is 0 Å². The highest BCUT2D eigenvalue weighted by Gasteiger charge is 2.35. The van der Waals surface area contributed by atoms with Crippen LogP contribution < -0.4 is 5.32 Å². The molecule has 0 radical (unpaired) electrons. The van der Waals surface area contributed by atoms with E-state index >= 15 is 0 Å². The minimum atomic E-state index is -0.973. The third-order valence-corrected chi connectivity index (χ3v) is 2.17. The van der Waals surface area contributed by atoms with Crippen molar-refractivity contribution in [3.63, 3.8) is 0 Å². The molecule has 0 amide bonds. The zero-order valence-corrected chi connectivity index (χ0v) is 9.29. The molecular formula is C9H22N2O2. The molecule has 2 N–H and O–H groups in total. The molecule has 0 heterocycles. The van der Waals surface area contributed by atoms with E-state index in [2.05, 4.69) is 5.32 Å². The van der Waals surface area contributed by atoms with Crippen molar-refractivity contribution in [1.82, 2.24) is 10.2 Å². The maximum absolute atomic E-state index is 10.1. The van der Waals surface area contributed by atoms with E-state index in [1.54, 1.807) is 7.05 Å². The molecular weight excluding hydrogens is 168 g/mol. The van der Waals surface area contributed by atoms with Crippen LogP contribution in [0.1, 0.15) is 20.3 Å². The first-order valence-corrected chi connectivity index (χ1v) is 4.71. The molecule has 0 bridgehead atoms. The first kappa shape index (κ1) is 12.8. The van der Waals surface area contributed by atoms with Gasteiger partial charge in [0.1, 0.15) is 0 Å². The molecule has 0 aliphatic heterocycles. The van der Waals surface area contributed by atoms with E-state index in [1.165, 1.54) is 0 Å². The standard InChI is InChI=1S/C9H22N2O2/c1-6-9(12,10-3)8(11(4)5)13-7-2/h8,10,12H,6-7H2,1-5H3. The Kier molecular flexibility index (Phi) is 5.48. The Morgan fingerprint density at radius 1 is 1.46 bits per heavy atom. The Hall–Kier alpha value is -0.160. The predicted octanol–water partition coefficient (Wildman–Crippen LogP) is 0.229. The van der Waals surface area contributed by atoms with Gasteiger partial charge in [0.05, 0.1) is 0 Å². The second-order valence-electron chi connectivity index (χ2n) is 3.30. The number of hydrogen-bond donors (Lipinski definition) is 2. The first-order valence-electron chi connectivity index (χ1n) is 4.71. The van der Waals surface area contributed by atoms with Gasteiger partial charge in [-0.1, -0.05) is 6.92 Å². The minimum Gasteiger partial charge on any atom is -0.372 e. The van der Waals surface area contributed by atoms with E-state index in [-0.39, 0.29) is 6.23 Å². The number of ether oxygens (including phenoxy) is 1. The van der Waals surface area contributed by atoms with Crippen molar-refractivity contribution in [2.45, 2.75) is 32.2 Å². The van der Waals surface area contributed by atoms with Crippen LogP contribution in [0.4, 0.5) is 0 Å². The van der Waals surface area contributed by atoms with Crippen LogP contribution in [0.25, 0.3) is 0 Å². The Bertz CT molecular complexity index is 136. The van der Waals surface area contributed by atoms with E-state index in [1.807, 2.05) is 32.8 Å². The van der Waals surface area contributed by atoms with Crippen molar-refractivity contribution < 1.29 is 9.84 Å². The van der Waals surface area contributed by atoms with Gasteiger partial charge in [0.2, 0.25) is 0 Å². The average Bonchev–Trinajstić information content (AvgIpc) is 2.12. The summed E-state index contributed by atoms with van der Waals surface area (Å²) in [5.74, 6) is 0. The number of likely N-dealkylation sites (N-methyl/N-ethyl adjacent to an activating group) is 2. The summed E-state index contributed by atoms with van der Waals surface area (Å²) >= 11 is 0. The zero-order valence-electron chi connectivity index (χ0n) is 9.29. The van der Waals surface area contributed by atoms with Gasteiger partial charge in [0.25, 0.3) is 0 Å². The maximum atomic E-state index is 10.1. The normalized spacial score (nSPS) is 18.7. The van der Waals surface area contributed by atoms with Crippen LogP contribution in [-0.4, -0.2) is 49.7 Å². The maximum Gasteiger partial charge on any atom is 0.155 e. The molecule has 2 atom stereocenters. The highest BCUT2D eigenvalue weighted by molar-refractivity contribution is 4.80. The monoisotopic (exact) mass is 190 g/mol. The quantitative estimate of drug-likeness (QED) is 0.588. The Morgan fingerprint density at radius 2 is 2.00 bits per heavy atom. The molecule has 0 aromatic carbocycles. The van der Waals surface area contributed by atoms with Gasteiger partial charge < -0.3 is 9.84 Å². The summed E-state index contributed by atoms with van der Waals surface area (Å²) in [5.41, 5.74) is -0.973. The molecule has 0 aliphatic carbocycles. The predicted molar refractivity (Wildman–Crippen MR) is 53.4 cm³/mol. The van der Waals surface area contributed by atoms with Gasteiger partial charge in [0, 0.05) is 6.61 Å². The lowest BCUT2D eigenvalue weighted by atomic mass is 10.1. The Labute approximate surface area is 80.9 Å². The third kappa shape index (κ3) is 3.23. The van der Waals surface area contributed by atoms with Crippen LogP contribution in [-0.2, 0) is 4.74 Å². The number of hydrogen-bond acceptors (Lipinski definition) is 4. The van der Waals surface area contributed by atoms with Crippen molar-refractivity contribution in [1.29, 1.82) is 0 Å². The summed E-state index contributed by atoms with van der Waals surface area (Å²) in [4.78, 5) is 1.86. The molecule has 13 heavy (non-hydrogen) atoms. The van der Waals surface area contributed by atoms with Crippen molar-refractivity contribution in [2.75, 3.05) is 27.7 Å². The van der Waals surface area contributed by atoms with Crippen molar-refractivity contribution in [3.05, 3.63) is 0 Å². The highest BCUT2D eigenvalue weighted by Crippen LogP contribution is 2.16. The number of nitrogens with zero attached hydrogens (tertiary/aromatic N) is 1. The molecule has 0 aromatic rings. The van der Waals surface area contributed by atoms with Crippen LogP contribution in [0.5, 0.6) is 0 Å². The molecule has 4 heteroatoms. The molecule has 0 saturated carbocycles. The fourth-order valence-corrected chi connectivity index (χ4v) is 1.35. The number of nitrogens with one attached hydrogen (secondary N) is 1. The SMILES string of the molecule is CCOC(N(C)C)C(O)(CC)NC. The fraction of sp³-hybridized carbons (Fsp3) is 1.00. The van der Waals surface area contributed by atoms with Gasteiger partial charge >= 0.3 is 0 Å². The van der Waals surface area contributed by atoms with E-state index in [0.29, 0.717) is 13.0 Å². The molecule has 0 aliphatic rings. The van der Waals surface area contributed by atoms with Crippen molar-refractivity contribution in [3.8, 4) is 0 Å². The lowest BCUT2D eigenvalue weighted by Crippen LogP contribution is -2.59. The minimum absolute atomic E-state index is 0.313. The molecule has 80 valence electrons. The summed E-state index contributed by atoms with van der Waals surface area (Å²) in [6, 6.07) is 0. The second kappa shape index (κ2) is 5.54. The van der Waals surface area contributed by atoms with Crippen LogP contribution in [0.3, 0.4) is 0 Å². The van der Waals surface area contributed by atoms with Crippen molar-refractivity contribution in [2.24, 2.45) is 0 Å². The largest absolute Gasteiger partial charge is 0.372 e. The summed E-state index contributed by atoms with van der Waals surface area (Å²) in [7, 11) is 5.51. The number of rotatable bonds is 6. The highest BCUT2D eigenvalue weighted by atomic mass is 16.5. The van der Waals surface area contributed by atoms with Gasteiger partial charge in [0.15, 0.2) is 12.0 Å². The summed E-state index contributed by atoms with van der Waals surface area (Å²) in [6.45, 7) is 4.43. The summed E-state index contributed by atoms with van der Waals surface area (Å²) < 4.78 is 5.46.